The molecule has 0 aromatic heterocycles. The van der Waals surface area contributed by atoms with Crippen molar-refractivity contribution >= 4 is 11.6 Å². The number of nitrogens with one attached hydrogen (secondary N) is 1. The second-order valence-corrected chi connectivity index (χ2v) is 6.07. The van der Waals surface area contributed by atoms with Gasteiger partial charge in [0.15, 0.2) is 0 Å². The molecule has 0 bridgehead atoms. The molecule has 0 aliphatic carbocycles. The number of anilines is 1. The minimum Gasteiger partial charge on any atom is -0.489 e. The Hall–Kier alpha value is -3.07. The monoisotopic (exact) mass is 331 g/mol. The zero-order valence-electron chi connectivity index (χ0n) is 14.5. The van der Waals surface area contributed by atoms with Gasteiger partial charge in [0.1, 0.15) is 12.4 Å². The predicted octanol–water partition coefficient (Wildman–Crippen LogP) is 5.13. The number of ether oxygens (including phenoxy) is 1. The summed E-state index contributed by atoms with van der Waals surface area (Å²) in [6, 6.07) is 23.1. The number of amides is 1. The van der Waals surface area contributed by atoms with Gasteiger partial charge in [0.2, 0.25) is 0 Å². The third-order valence-corrected chi connectivity index (χ3v) is 3.99. The fourth-order valence-electron chi connectivity index (χ4n) is 2.58. The second kappa shape index (κ2) is 7.67. The van der Waals surface area contributed by atoms with E-state index in [1.54, 1.807) is 0 Å². The Balaban J connectivity index is 1.62. The summed E-state index contributed by atoms with van der Waals surface area (Å²) in [5, 5.41) is 2.96. The largest absolute Gasteiger partial charge is 0.489 e. The molecule has 0 heterocycles. The highest BCUT2D eigenvalue weighted by molar-refractivity contribution is 6.04. The summed E-state index contributed by atoms with van der Waals surface area (Å²) in [5.74, 6) is 0.724. The van der Waals surface area contributed by atoms with Gasteiger partial charge in [-0.25, -0.2) is 0 Å². The number of hydrogen-bond acceptors (Lipinski definition) is 2. The van der Waals surface area contributed by atoms with Crippen LogP contribution >= 0.6 is 0 Å². The van der Waals surface area contributed by atoms with Crippen LogP contribution in [0.15, 0.2) is 72.8 Å². The Morgan fingerprint density at radius 3 is 2.32 bits per heavy atom. The lowest BCUT2D eigenvalue weighted by molar-refractivity contribution is 0.102. The molecule has 1 amide bonds. The molecule has 0 saturated carbocycles. The fraction of sp³-hybridized carbons (Fsp3) is 0.136. The van der Waals surface area contributed by atoms with E-state index in [4.69, 9.17) is 4.74 Å². The van der Waals surface area contributed by atoms with E-state index in [9.17, 15) is 4.79 Å². The molecule has 0 aliphatic heterocycles. The van der Waals surface area contributed by atoms with Crippen molar-refractivity contribution < 1.29 is 9.53 Å². The quantitative estimate of drug-likeness (QED) is 0.703. The number of carbonyl (C=O) groups excluding carboxylic acids is 1. The summed E-state index contributed by atoms with van der Waals surface area (Å²) in [6.45, 7) is 4.50. The van der Waals surface area contributed by atoms with Crippen molar-refractivity contribution in [1.82, 2.24) is 0 Å². The van der Waals surface area contributed by atoms with Gasteiger partial charge in [-0.05, 0) is 55.3 Å². The number of para-hydroxylation sites is 1. The smallest absolute Gasteiger partial charge is 0.255 e. The fourth-order valence-corrected chi connectivity index (χ4v) is 2.58. The molecular weight excluding hydrogens is 310 g/mol. The molecule has 3 aromatic rings. The zero-order valence-corrected chi connectivity index (χ0v) is 14.5. The highest BCUT2D eigenvalue weighted by Gasteiger charge is 2.08. The molecule has 0 spiro atoms. The number of aryl methyl sites for hydroxylation is 2. The molecule has 1 N–H and O–H groups in total. The van der Waals surface area contributed by atoms with Crippen LogP contribution in [0, 0.1) is 13.8 Å². The van der Waals surface area contributed by atoms with E-state index >= 15 is 0 Å². The molecule has 0 unspecified atom stereocenters. The Labute approximate surface area is 148 Å². The summed E-state index contributed by atoms with van der Waals surface area (Å²) >= 11 is 0. The molecule has 0 saturated heterocycles. The number of benzene rings is 3. The van der Waals surface area contributed by atoms with Crippen LogP contribution in [0.1, 0.15) is 27.0 Å². The van der Waals surface area contributed by atoms with E-state index in [-0.39, 0.29) is 5.91 Å². The van der Waals surface area contributed by atoms with Crippen molar-refractivity contribution in [2.75, 3.05) is 5.32 Å². The van der Waals surface area contributed by atoms with Gasteiger partial charge >= 0.3 is 0 Å². The summed E-state index contributed by atoms with van der Waals surface area (Å²) in [4.78, 5) is 12.4. The van der Waals surface area contributed by atoms with Gasteiger partial charge in [0.05, 0.1) is 0 Å². The van der Waals surface area contributed by atoms with E-state index in [2.05, 4.69) is 11.4 Å². The lowest BCUT2D eigenvalue weighted by Crippen LogP contribution is -2.12. The third kappa shape index (κ3) is 4.48. The van der Waals surface area contributed by atoms with Crippen LogP contribution in [0.3, 0.4) is 0 Å². The van der Waals surface area contributed by atoms with Gasteiger partial charge in [-0.15, -0.1) is 0 Å². The Morgan fingerprint density at radius 1 is 0.920 bits per heavy atom. The number of rotatable bonds is 5. The minimum absolute atomic E-state index is 0.109. The SMILES string of the molecule is Cc1ccc(NC(=O)c2ccc(COc3ccccc3)cc2)c(C)c1. The topological polar surface area (TPSA) is 38.3 Å². The normalized spacial score (nSPS) is 10.3. The Bertz CT molecular complexity index is 855. The molecule has 25 heavy (non-hydrogen) atoms. The van der Waals surface area contributed by atoms with Crippen molar-refractivity contribution in [1.29, 1.82) is 0 Å². The summed E-state index contributed by atoms with van der Waals surface area (Å²) in [5.41, 5.74) is 4.72. The first-order valence-electron chi connectivity index (χ1n) is 8.27. The molecular formula is C22H21NO2. The number of hydrogen-bond donors (Lipinski definition) is 1. The summed E-state index contributed by atoms with van der Waals surface area (Å²) in [6.07, 6.45) is 0. The Morgan fingerprint density at radius 2 is 1.64 bits per heavy atom. The summed E-state index contributed by atoms with van der Waals surface area (Å²) < 4.78 is 5.71. The van der Waals surface area contributed by atoms with Gasteiger partial charge < -0.3 is 10.1 Å². The molecule has 3 nitrogen and oxygen atoms in total. The van der Waals surface area contributed by atoms with Crippen LogP contribution in [0.2, 0.25) is 0 Å². The van der Waals surface area contributed by atoms with Gasteiger partial charge in [-0.2, -0.15) is 0 Å². The first kappa shape index (κ1) is 16.8. The van der Waals surface area contributed by atoms with E-state index in [1.165, 1.54) is 5.56 Å². The molecule has 3 rings (SSSR count). The molecule has 0 aliphatic rings. The number of carbonyl (C=O) groups is 1. The maximum Gasteiger partial charge on any atom is 0.255 e. The van der Waals surface area contributed by atoms with Crippen molar-refractivity contribution in [3.63, 3.8) is 0 Å². The van der Waals surface area contributed by atoms with Crippen molar-refractivity contribution in [3.05, 3.63) is 95.1 Å². The highest BCUT2D eigenvalue weighted by atomic mass is 16.5. The van der Waals surface area contributed by atoms with E-state index in [0.29, 0.717) is 12.2 Å². The highest BCUT2D eigenvalue weighted by Crippen LogP contribution is 2.18. The van der Waals surface area contributed by atoms with Crippen LogP contribution in [0.5, 0.6) is 5.75 Å². The summed E-state index contributed by atoms with van der Waals surface area (Å²) in [7, 11) is 0. The standard InChI is InChI=1S/C22H21NO2/c1-16-8-13-21(17(2)14-16)23-22(24)19-11-9-18(10-12-19)15-25-20-6-4-3-5-7-20/h3-14H,15H2,1-2H3,(H,23,24). The second-order valence-electron chi connectivity index (χ2n) is 6.07. The molecule has 0 fully saturated rings. The minimum atomic E-state index is -0.109. The van der Waals surface area contributed by atoms with Crippen LogP contribution in [0.25, 0.3) is 0 Å². The van der Waals surface area contributed by atoms with E-state index in [0.717, 1.165) is 22.6 Å². The Kier molecular flexibility index (Phi) is 5.14. The van der Waals surface area contributed by atoms with Gasteiger partial charge in [0.25, 0.3) is 5.91 Å². The molecule has 126 valence electrons. The molecule has 0 radical (unpaired) electrons. The van der Waals surface area contributed by atoms with Crippen LogP contribution in [-0.4, -0.2) is 5.91 Å². The maximum atomic E-state index is 12.4. The van der Waals surface area contributed by atoms with Gasteiger partial charge in [-0.3, -0.25) is 4.79 Å². The van der Waals surface area contributed by atoms with Crippen molar-refractivity contribution in [3.8, 4) is 5.75 Å². The molecule has 3 aromatic carbocycles. The molecule has 0 atom stereocenters. The maximum absolute atomic E-state index is 12.4. The van der Waals surface area contributed by atoms with Gasteiger partial charge in [-0.1, -0.05) is 48.0 Å². The first-order valence-corrected chi connectivity index (χ1v) is 8.27. The van der Waals surface area contributed by atoms with Gasteiger partial charge in [0, 0.05) is 11.3 Å². The van der Waals surface area contributed by atoms with Crippen LogP contribution in [-0.2, 0) is 6.61 Å². The average molecular weight is 331 g/mol. The van der Waals surface area contributed by atoms with Crippen LogP contribution in [0.4, 0.5) is 5.69 Å². The lowest BCUT2D eigenvalue weighted by atomic mass is 10.1. The van der Waals surface area contributed by atoms with E-state index < -0.39 is 0 Å². The van der Waals surface area contributed by atoms with E-state index in [1.807, 2.05) is 80.6 Å². The lowest BCUT2D eigenvalue weighted by Gasteiger charge is -2.10. The molecule has 3 heteroatoms. The predicted molar refractivity (Wildman–Crippen MR) is 101 cm³/mol. The van der Waals surface area contributed by atoms with Crippen molar-refractivity contribution in [2.45, 2.75) is 20.5 Å². The zero-order chi connectivity index (χ0) is 17.6. The average Bonchev–Trinajstić information content (AvgIpc) is 2.63. The van der Waals surface area contributed by atoms with Crippen molar-refractivity contribution in [2.24, 2.45) is 0 Å². The first-order chi connectivity index (χ1) is 12.1. The van der Waals surface area contributed by atoms with Crippen LogP contribution < -0.4 is 10.1 Å². The third-order valence-electron chi connectivity index (χ3n) is 3.99.